The molecule has 0 aliphatic carbocycles. The molecule has 11 heteroatoms. The van der Waals surface area contributed by atoms with Crippen LogP contribution < -0.4 is 21.5 Å². The first-order valence-electron chi connectivity index (χ1n) is 8.03. The van der Waals surface area contributed by atoms with Crippen LogP contribution in [0.3, 0.4) is 0 Å². The number of nitrogens with zero attached hydrogens (tertiary/aromatic N) is 4. The minimum absolute atomic E-state index is 0.0218. The zero-order valence-electron chi connectivity index (χ0n) is 14.4. The molecule has 0 fully saturated rings. The molecule has 0 atom stereocenters. The van der Waals surface area contributed by atoms with E-state index in [0.717, 1.165) is 9.36 Å². The third kappa shape index (κ3) is 4.38. The van der Waals surface area contributed by atoms with E-state index in [-0.39, 0.29) is 18.9 Å². The lowest BCUT2D eigenvalue weighted by atomic mass is 10.3. The molecule has 3 rings (SSSR count). The Morgan fingerprint density at radius 2 is 1.82 bits per heavy atom. The molecule has 0 aliphatic rings. The van der Waals surface area contributed by atoms with Gasteiger partial charge in [-0.25, -0.2) is 9.18 Å². The first-order chi connectivity index (χ1) is 13.4. The van der Waals surface area contributed by atoms with Gasteiger partial charge in [0.2, 0.25) is 5.91 Å². The summed E-state index contributed by atoms with van der Waals surface area (Å²) in [5, 5.41) is 9.81. The molecular formula is C17H15FN6O4. The molecule has 0 radical (unpaired) electrons. The topological polar surface area (TPSA) is 134 Å². The molecule has 0 bridgehead atoms. The highest BCUT2D eigenvalue weighted by molar-refractivity contribution is 5.91. The van der Waals surface area contributed by atoms with Gasteiger partial charge in [0.05, 0.1) is 5.69 Å². The number of halogens is 1. The highest BCUT2D eigenvalue weighted by atomic mass is 19.1. The number of hydrogen-bond donors (Lipinski definition) is 2. The molecule has 1 aromatic heterocycles. The Morgan fingerprint density at radius 1 is 1.11 bits per heavy atom. The number of ether oxygens (including phenoxy) is 1. The van der Waals surface area contributed by atoms with Gasteiger partial charge in [-0.05, 0) is 46.8 Å². The van der Waals surface area contributed by atoms with Crippen molar-refractivity contribution in [2.45, 2.75) is 6.54 Å². The molecule has 2 amide bonds. The molecule has 3 aromatic rings. The second kappa shape index (κ2) is 8.12. The largest absolute Gasteiger partial charge is 0.481 e. The second-order valence-corrected chi connectivity index (χ2v) is 5.61. The van der Waals surface area contributed by atoms with Crippen molar-refractivity contribution in [3.63, 3.8) is 0 Å². The Bertz CT molecular complexity index is 1060. The van der Waals surface area contributed by atoms with Gasteiger partial charge in [0, 0.05) is 5.69 Å². The van der Waals surface area contributed by atoms with Gasteiger partial charge in [-0.15, -0.1) is 0 Å². The van der Waals surface area contributed by atoms with Crippen LogP contribution in [0.1, 0.15) is 0 Å². The van der Waals surface area contributed by atoms with Gasteiger partial charge in [-0.3, -0.25) is 9.59 Å². The van der Waals surface area contributed by atoms with Gasteiger partial charge < -0.3 is 15.8 Å². The summed E-state index contributed by atoms with van der Waals surface area (Å²) in [4.78, 5) is 34.9. The number of nitrogens with two attached hydrogens (primary N) is 1. The SMILES string of the molecule is NC(=O)Cn1nnn(-c2ccc(NC(=O)COc3ccccc3F)cc2)c1=O. The first-order valence-corrected chi connectivity index (χ1v) is 8.03. The summed E-state index contributed by atoms with van der Waals surface area (Å²) in [5.41, 5.74) is 5.21. The summed E-state index contributed by atoms with van der Waals surface area (Å²) in [5.74, 6) is -1.79. The van der Waals surface area contributed by atoms with Crippen LogP contribution in [-0.4, -0.2) is 38.2 Å². The maximum Gasteiger partial charge on any atom is 0.368 e. The first kappa shape index (κ1) is 18.8. The van der Waals surface area contributed by atoms with Crippen molar-refractivity contribution in [3.8, 4) is 11.4 Å². The summed E-state index contributed by atoms with van der Waals surface area (Å²) in [6, 6.07) is 11.9. The van der Waals surface area contributed by atoms with Gasteiger partial charge in [0.15, 0.2) is 18.2 Å². The van der Waals surface area contributed by atoms with E-state index in [9.17, 15) is 18.8 Å². The van der Waals surface area contributed by atoms with E-state index in [2.05, 4.69) is 15.7 Å². The fourth-order valence-electron chi connectivity index (χ4n) is 2.27. The maximum atomic E-state index is 13.5. The molecule has 0 unspecified atom stereocenters. The van der Waals surface area contributed by atoms with Crippen LogP contribution in [0.15, 0.2) is 53.3 Å². The zero-order valence-corrected chi connectivity index (χ0v) is 14.4. The molecule has 144 valence electrons. The molecule has 2 aromatic carbocycles. The Labute approximate surface area is 157 Å². The Kier molecular flexibility index (Phi) is 5.44. The van der Waals surface area contributed by atoms with Crippen LogP contribution in [0, 0.1) is 5.82 Å². The third-order valence-electron chi connectivity index (χ3n) is 3.54. The predicted molar refractivity (Wildman–Crippen MR) is 95.3 cm³/mol. The Balaban J connectivity index is 1.62. The number of hydrogen-bond acceptors (Lipinski definition) is 6. The van der Waals surface area contributed by atoms with E-state index in [0.29, 0.717) is 11.4 Å². The number of amides is 2. The predicted octanol–water partition coefficient (Wildman–Crippen LogP) is 0.0709. The Hall–Kier alpha value is -4.02. The molecule has 0 aliphatic heterocycles. The number of nitrogens with one attached hydrogen (secondary N) is 1. The van der Waals surface area contributed by atoms with Gasteiger partial charge in [-0.2, -0.15) is 9.36 Å². The summed E-state index contributed by atoms with van der Waals surface area (Å²) in [6.07, 6.45) is 0. The fraction of sp³-hybridized carbons (Fsp3) is 0.118. The standard InChI is InChI=1S/C17H15FN6O4/c18-13-3-1-2-4-14(13)28-10-16(26)20-11-5-7-12(8-6-11)24-17(27)23(21-22-24)9-15(19)25/h1-8H,9-10H2,(H2,19,25)(H,20,26). The number of rotatable bonds is 7. The van der Waals surface area contributed by atoms with Crippen LogP contribution in [0.5, 0.6) is 5.75 Å². The molecule has 1 heterocycles. The number of carbonyl (C=O) groups is 2. The van der Waals surface area contributed by atoms with E-state index < -0.39 is 23.3 Å². The van der Waals surface area contributed by atoms with E-state index in [1.54, 1.807) is 6.07 Å². The monoisotopic (exact) mass is 386 g/mol. The number of primary amides is 1. The number of benzene rings is 2. The minimum atomic E-state index is -0.718. The maximum absolute atomic E-state index is 13.5. The molecular weight excluding hydrogens is 371 g/mol. The molecule has 3 N–H and O–H groups in total. The summed E-state index contributed by atoms with van der Waals surface area (Å²) in [6.45, 7) is -0.751. The quantitative estimate of drug-likeness (QED) is 0.590. The Morgan fingerprint density at radius 3 is 2.50 bits per heavy atom. The summed E-state index contributed by atoms with van der Waals surface area (Å²) >= 11 is 0. The van der Waals surface area contributed by atoms with Crippen molar-refractivity contribution in [2.24, 2.45) is 5.73 Å². The molecule has 0 spiro atoms. The lowest BCUT2D eigenvalue weighted by molar-refractivity contribution is -0.119. The molecule has 10 nitrogen and oxygen atoms in total. The highest BCUT2D eigenvalue weighted by Gasteiger charge is 2.11. The molecule has 0 saturated heterocycles. The smallest absolute Gasteiger partial charge is 0.368 e. The van der Waals surface area contributed by atoms with Gasteiger partial charge in [-0.1, -0.05) is 12.1 Å². The van der Waals surface area contributed by atoms with E-state index in [1.165, 1.54) is 42.5 Å². The van der Waals surface area contributed by atoms with Crippen LogP contribution >= 0.6 is 0 Å². The zero-order chi connectivity index (χ0) is 20.1. The number of tetrazole rings is 1. The number of para-hydroxylation sites is 1. The number of carbonyl (C=O) groups excluding carboxylic acids is 2. The normalized spacial score (nSPS) is 10.5. The van der Waals surface area contributed by atoms with Crippen LogP contribution in [-0.2, 0) is 16.1 Å². The van der Waals surface area contributed by atoms with Crippen molar-refractivity contribution in [3.05, 3.63) is 64.8 Å². The van der Waals surface area contributed by atoms with Crippen LogP contribution in [0.25, 0.3) is 5.69 Å². The highest BCUT2D eigenvalue weighted by Crippen LogP contribution is 2.15. The van der Waals surface area contributed by atoms with Gasteiger partial charge in [0.25, 0.3) is 5.91 Å². The van der Waals surface area contributed by atoms with E-state index >= 15 is 0 Å². The summed E-state index contributed by atoms with van der Waals surface area (Å²) < 4.78 is 20.4. The summed E-state index contributed by atoms with van der Waals surface area (Å²) in [7, 11) is 0. The average Bonchev–Trinajstić information content (AvgIpc) is 3.01. The second-order valence-electron chi connectivity index (χ2n) is 5.61. The molecule has 0 saturated carbocycles. The van der Waals surface area contributed by atoms with E-state index in [4.69, 9.17) is 10.5 Å². The van der Waals surface area contributed by atoms with Crippen molar-refractivity contribution in [1.29, 1.82) is 0 Å². The molecule has 28 heavy (non-hydrogen) atoms. The fourth-order valence-corrected chi connectivity index (χ4v) is 2.27. The van der Waals surface area contributed by atoms with E-state index in [1.807, 2.05) is 0 Å². The number of anilines is 1. The lowest BCUT2D eigenvalue weighted by Crippen LogP contribution is -2.30. The third-order valence-corrected chi connectivity index (χ3v) is 3.54. The van der Waals surface area contributed by atoms with Gasteiger partial charge in [0.1, 0.15) is 6.54 Å². The number of aromatic nitrogens is 4. The van der Waals surface area contributed by atoms with Crippen LogP contribution in [0.2, 0.25) is 0 Å². The van der Waals surface area contributed by atoms with Gasteiger partial charge >= 0.3 is 5.69 Å². The average molecular weight is 386 g/mol. The van der Waals surface area contributed by atoms with Crippen molar-refractivity contribution < 1.29 is 18.7 Å². The van der Waals surface area contributed by atoms with Crippen molar-refractivity contribution in [1.82, 2.24) is 19.8 Å². The van der Waals surface area contributed by atoms with Crippen LogP contribution in [0.4, 0.5) is 10.1 Å². The lowest BCUT2D eigenvalue weighted by Gasteiger charge is -2.08. The van der Waals surface area contributed by atoms with Crippen molar-refractivity contribution >= 4 is 17.5 Å². The minimum Gasteiger partial charge on any atom is -0.481 e. The van der Waals surface area contributed by atoms with Crippen molar-refractivity contribution in [2.75, 3.05) is 11.9 Å².